The molecule has 48 heavy (non-hydrogen) atoms. The highest BCUT2D eigenvalue weighted by atomic mass is 15.2. The van der Waals surface area contributed by atoms with Gasteiger partial charge in [0.05, 0.1) is 5.69 Å². The van der Waals surface area contributed by atoms with Crippen LogP contribution in [0.15, 0.2) is 134 Å². The van der Waals surface area contributed by atoms with Crippen molar-refractivity contribution in [1.82, 2.24) is 9.97 Å². The average Bonchev–Trinajstić information content (AvgIpc) is 3.14. The van der Waals surface area contributed by atoms with Crippen molar-refractivity contribution in [2.45, 2.75) is 32.1 Å². The Labute approximate surface area is 279 Å². The number of hydrogen-bond acceptors (Lipinski definition) is 3. The molecule has 228 valence electrons. The topological polar surface area (TPSA) is 29.0 Å². The third-order valence-corrected chi connectivity index (χ3v) is 10.8. The molecule has 3 nitrogen and oxygen atoms in total. The van der Waals surface area contributed by atoms with Crippen LogP contribution in [0, 0.1) is 0 Å². The van der Waals surface area contributed by atoms with Crippen LogP contribution in [0.4, 0.5) is 17.3 Å². The van der Waals surface area contributed by atoms with Crippen LogP contribution in [0.2, 0.25) is 0 Å². The highest BCUT2D eigenvalue weighted by molar-refractivity contribution is 6.16. The Hall–Kier alpha value is -5.80. The number of pyridine rings is 2. The summed E-state index contributed by atoms with van der Waals surface area (Å²) in [6.07, 6.45) is 8.36. The van der Waals surface area contributed by atoms with Gasteiger partial charge in [0.15, 0.2) is 0 Å². The fourth-order valence-corrected chi connectivity index (χ4v) is 8.31. The number of benzene rings is 6. The fraction of sp³-hybridized carbons (Fsp3) is 0.111. The number of hydrogen-bond donors (Lipinski definition) is 0. The Balaban J connectivity index is 1.11. The molecule has 1 aliphatic heterocycles. The number of aromatic nitrogens is 2. The Morgan fingerprint density at radius 1 is 0.604 bits per heavy atom. The van der Waals surface area contributed by atoms with Crippen molar-refractivity contribution in [2.75, 3.05) is 4.90 Å². The minimum atomic E-state index is -0.233. The lowest BCUT2D eigenvalue weighted by Gasteiger charge is -2.40. The van der Waals surface area contributed by atoms with Crippen molar-refractivity contribution in [3.05, 3.63) is 156 Å². The van der Waals surface area contributed by atoms with E-state index in [0.717, 1.165) is 30.2 Å². The summed E-state index contributed by atoms with van der Waals surface area (Å²) in [7, 11) is 0. The smallest absolute Gasteiger partial charge is 0.142 e. The summed E-state index contributed by atoms with van der Waals surface area (Å²) < 4.78 is 0. The fourth-order valence-electron chi connectivity index (χ4n) is 8.31. The van der Waals surface area contributed by atoms with Crippen molar-refractivity contribution in [3.63, 3.8) is 0 Å². The maximum absolute atomic E-state index is 4.85. The maximum Gasteiger partial charge on any atom is 0.142 e. The minimum Gasteiger partial charge on any atom is -0.278 e. The Kier molecular flexibility index (Phi) is 5.75. The summed E-state index contributed by atoms with van der Waals surface area (Å²) in [5, 5.41) is 9.37. The molecular formula is C45H33N3. The van der Waals surface area contributed by atoms with Crippen LogP contribution in [0.25, 0.3) is 60.6 Å². The summed E-state index contributed by atoms with van der Waals surface area (Å²) in [5.74, 6) is 1.81. The second-order valence-electron chi connectivity index (χ2n) is 13.8. The van der Waals surface area contributed by atoms with Gasteiger partial charge in [0.25, 0.3) is 0 Å². The second kappa shape index (κ2) is 10.1. The second-order valence-corrected chi connectivity index (χ2v) is 13.8. The third-order valence-electron chi connectivity index (χ3n) is 10.8. The van der Waals surface area contributed by atoms with E-state index < -0.39 is 0 Å². The lowest BCUT2D eigenvalue weighted by atomic mass is 9.74. The SMILES string of the molecule is CC1(C)c2cc(-c3ccc4ccc(-c5ccc6ccc7c8c(ccc5c68)=CCC7)cc4c3)ccc2N(c2ccccn2)c2ncccc21. The molecule has 0 bridgehead atoms. The molecule has 0 spiro atoms. The van der Waals surface area contributed by atoms with Crippen LogP contribution in [0.1, 0.15) is 37.0 Å². The van der Waals surface area contributed by atoms with E-state index in [1.165, 1.54) is 76.5 Å². The Bertz CT molecular complexity index is 2650. The molecule has 10 rings (SSSR count). The number of fused-ring (bicyclic) bond motifs is 3. The van der Waals surface area contributed by atoms with E-state index in [2.05, 4.69) is 128 Å². The first-order chi connectivity index (χ1) is 23.5. The molecule has 0 unspecified atom stereocenters. The molecule has 0 radical (unpaired) electrons. The molecule has 0 saturated carbocycles. The summed E-state index contributed by atoms with van der Waals surface area (Å²) >= 11 is 0. The molecule has 3 heteroatoms. The van der Waals surface area contributed by atoms with Gasteiger partial charge in [-0.25, -0.2) is 9.97 Å². The van der Waals surface area contributed by atoms with Crippen LogP contribution in [0.3, 0.4) is 0 Å². The molecule has 6 aromatic carbocycles. The highest BCUT2D eigenvalue weighted by Gasteiger charge is 2.38. The molecule has 0 saturated heterocycles. The van der Waals surface area contributed by atoms with Crippen LogP contribution < -0.4 is 10.1 Å². The zero-order chi connectivity index (χ0) is 32.0. The van der Waals surface area contributed by atoms with Crippen molar-refractivity contribution in [2.24, 2.45) is 0 Å². The van der Waals surface area contributed by atoms with Crippen molar-refractivity contribution < 1.29 is 0 Å². The lowest BCUT2D eigenvalue weighted by Crippen LogP contribution is -2.31. The molecule has 2 aromatic heterocycles. The average molecular weight is 616 g/mol. The van der Waals surface area contributed by atoms with Gasteiger partial charge < -0.3 is 0 Å². The van der Waals surface area contributed by atoms with Gasteiger partial charge in [-0.05, 0) is 126 Å². The summed E-state index contributed by atoms with van der Waals surface area (Å²) in [6.45, 7) is 4.61. The van der Waals surface area contributed by atoms with Crippen molar-refractivity contribution in [3.8, 4) is 22.3 Å². The van der Waals surface area contributed by atoms with Gasteiger partial charge in [0.2, 0.25) is 0 Å². The molecule has 0 atom stereocenters. The molecule has 8 aromatic rings. The maximum atomic E-state index is 4.85. The number of anilines is 3. The van der Waals surface area contributed by atoms with Crippen molar-refractivity contribution >= 4 is 55.7 Å². The standard InChI is InChI=1S/C45H33N3/c1-45(2)38-9-6-24-47-44(38)48(41-10-3-4-23-46-41)40-22-19-33(27-39(40)45)32-15-11-28-12-16-34(26-35(28)25-32)36-20-17-31-14-13-29-7-5-8-30-18-21-37(36)43(31)42(29)30/h3-4,6,8-27H,5,7H2,1-2H3. The monoisotopic (exact) mass is 615 g/mol. The van der Waals surface area contributed by atoms with Gasteiger partial charge in [-0.1, -0.05) is 98.8 Å². The van der Waals surface area contributed by atoms with E-state index in [0.29, 0.717) is 0 Å². The Morgan fingerprint density at radius 3 is 2.29 bits per heavy atom. The van der Waals surface area contributed by atoms with Crippen LogP contribution in [0.5, 0.6) is 0 Å². The first-order valence-corrected chi connectivity index (χ1v) is 16.9. The largest absolute Gasteiger partial charge is 0.278 e. The molecule has 0 N–H and O–H groups in total. The zero-order valence-electron chi connectivity index (χ0n) is 27.0. The van der Waals surface area contributed by atoms with Gasteiger partial charge in [0.1, 0.15) is 11.6 Å². The highest BCUT2D eigenvalue weighted by Crippen LogP contribution is 2.51. The summed E-state index contributed by atoms with van der Waals surface area (Å²) in [4.78, 5) is 11.8. The molecule has 1 aliphatic carbocycles. The van der Waals surface area contributed by atoms with E-state index >= 15 is 0 Å². The molecule has 0 fully saturated rings. The van der Waals surface area contributed by atoms with Crippen LogP contribution >= 0.6 is 0 Å². The Morgan fingerprint density at radius 2 is 1.40 bits per heavy atom. The van der Waals surface area contributed by atoms with Gasteiger partial charge in [-0.15, -0.1) is 0 Å². The normalized spacial score (nSPS) is 14.6. The molecule has 0 amide bonds. The minimum absolute atomic E-state index is 0.233. The van der Waals surface area contributed by atoms with E-state index in [9.17, 15) is 0 Å². The molecule has 3 heterocycles. The van der Waals surface area contributed by atoms with Crippen LogP contribution in [-0.2, 0) is 11.8 Å². The predicted octanol–water partition coefficient (Wildman–Crippen LogP) is 10.8. The first-order valence-electron chi connectivity index (χ1n) is 16.9. The van der Waals surface area contributed by atoms with Gasteiger partial charge in [-0.3, -0.25) is 4.90 Å². The van der Waals surface area contributed by atoms with Crippen LogP contribution in [-0.4, -0.2) is 9.97 Å². The molecule has 2 aliphatic rings. The van der Waals surface area contributed by atoms with E-state index in [1.54, 1.807) is 0 Å². The summed E-state index contributed by atoms with van der Waals surface area (Å²) in [6, 6.07) is 44.9. The summed E-state index contributed by atoms with van der Waals surface area (Å²) in [5.41, 5.74) is 9.78. The van der Waals surface area contributed by atoms with Gasteiger partial charge in [0, 0.05) is 23.4 Å². The van der Waals surface area contributed by atoms with Gasteiger partial charge in [-0.2, -0.15) is 0 Å². The number of nitrogens with zero attached hydrogens (tertiary/aromatic N) is 3. The lowest BCUT2D eigenvalue weighted by molar-refractivity contribution is 0.627. The van der Waals surface area contributed by atoms with E-state index in [1.807, 2.05) is 30.6 Å². The third kappa shape index (κ3) is 3.94. The van der Waals surface area contributed by atoms with E-state index in [-0.39, 0.29) is 5.41 Å². The number of aryl methyl sites for hydroxylation is 1. The molecular weight excluding hydrogens is 583 g/mol. The first kappa shape index (κ1) is 27.3. The quantitative estimate of drug-likeness (QED) is 0.198. The number of rotatable bonds is 3. The van der Waals surface area contributed by atoms with Crippen molar-refractivity contribution in [1.29, 1.82) is 0 Å². The predicted molar refractivity (Wildman–Crippen MR) is 200 cm³/mol. The van der Waals surface area contributed by atoms with Gasteiger partial charge >= 0.3 is 0 Å². The van der Waals surface area contributed by atoms with E-state index in [4.69, 9.17) is 9.97 Å². The zero-order valence-corrected chi connectivity index (χ0v) is 27.0.